The number of rotatable bonds is 5. The molecule has 148 valence electrons. The van der Waals surface area contributed by atoms with E-state index >= 15 is 0 Å². The third kappa shape index (κ3) is 3.10. The van der Waals surface area contributed by atoms with Gasteiger partial charge in [0.1, 0.15) is 0 Å². The molecule has 4 N–H and O–H groups in total. The molecule has 13 nitrogen and oxygen atoms in total. The second kappa shape index (κ2) is 7.07. The molecule has 0 aliphatic carbocycles. The van der Waals surface area contributed by atoms with E-state index in [9.17, 15) is 20.3 Å². The van der Waals surface area contributed by atoms with Crippen molar-refractivity contribution < 1.29 is 19.9 Å². The van der Waals surface area contributed by atoms with Gasteiger partial charge < -0.3 is 0 Å². The molecular formula is C14H16N8O5Se. The van der Waals surface area contributed by atoms with Crippen LogP contribution in [0.3, 0.4) is 0 Å². The Morgan fingerprint density at radius 2 is 2.21 bits per heavy atom. The number of nitro groups is 1. The molecule has 4 heterocycles. The molecule has 28 heavy (non-hydrogen) atoms. The fourth-order valence-electron chi connectivity index (χ4n) is 2.98. The van der Waals surface area contributed by atoms with E-state index in [-0.39, 0.29) is 24.8 Å². The summed E-state index contributed by atoms with van der Waals surface area (Å²) in [4.78, 5) is 27.3. The number of hydrogen-bond donors (Lipinski definition) is 3. The molecule has 0 saturated carbocycles. The maximum absolute atomic E-state index is 11.2. The summed E-state index contributed by atoms with van der Waals surface area (Å²) in [6.07, 6.45) is 1.05. The Morgan fingerprint density at radius 1 is 1.43 bits per heavy atom. The van der Waals surface area contributed by atoms with Crippen molar-refractivity contribution in [3.63, 3.8) is 0 Å². The molecule has 3 atom stereocenters. The first kappa shape index (κ1) is 18.7. The number of anilines is 1. The first-order chi connectivity index (χ1) is 13.4. The van der Waals surface area contributed by atoms with E-state index in [1.807, 2.05) is 0 Å². The van der Waals surface area contributed by atoms with Crippen LogP contribution in [-0.2, 0) is 11.8 Å². The Balaban J connectivity index is 1.75. The molecule has 14 heteroatoms. The van der Waals surface area contributed by atoms with Crippen molar-refractivity contribution in [2.24, 2.45) is 7.05 Å². The van der Waals surface area contributed by atoms with Crippen molar-refractivity contribution in [1.82, 2.24) is 29.1 Å². The Hall–Kier alpha value is -2.64. The van der Waals surface area contributed by atoms with E-state index in [0.717, 1.165) is 0 Å². The zero-order valence-electron chi connectivity index (χ0n) is 14.5. The fourth-order valence-corrected chi connectivity index (χ4v) is 5.02. The van der Waals surface area contributed by atoms with Crippen LogP contribution in [0.5, 0.6) is 0 Å². The Morgan fingerprint density at radius 3 is 2.89 bits per heavy atom. The van der Waals surface area contributed by atoms with Gasteiger partial charge in [-0.15, -0.1) is 0 Å². The molecule has 0 aromatic carbocycles. The van der Waals surface area contributed by atoms with Crippen LogP contribution in [0.15, 0.2) is 12.7 Å². The van der Waals surface area contributed by atoms with Crippen LogP contribution in [0.2, 0.25) is 0 Å². The number of imidazole rings is 2. The summed E-state index contributed by atoms with van der Waals surface area (Å²) in [5.74, 6) is -0.242. The first-order valence-electron chi connectivity index (χ1n) is 8.17. The van der Waals surface area contributed by atoms with Gasteiger partial charge in [-0.25, -0.2) is 0 Å². The molecule has 1 fully saturated rings. The van der Waals surface area contributed by atoms with Gasteiger partial charge in [-0.1, -0.05) is 0 Å². The van der Waals surface area contributed by atoms with Crippen LogP contribution in [0.1, 0.15) is 12.6 Å². The quantitative estimate of drug-likeness (QED) is 0.209. The fraction of sp³-hybridized carbons (Fsp3) is 0.429. The first-order valence-corrected chi connectivity index (χ1v) is 9.88. The second-order valence-corrected chi connectivity index (χ2v) is 8.22. The van der Waals surface area contributed by atoms with Crippen molar-refractivity contribution in [3.8, 4) is 0 Å². The zero-order chi connectivity index (χ0) is 20.0. The van der Waals surface area contributed by atoms with Crippen LogP contribution in [0.25, 0.3) is 11.2 Å². The molecule has 0 radical (unpaired) electrons. The van der Waals surface area contributed by atoms with Crippen LogP contribution in [-0.4, -0.2) is 78.0 Å². The van der Waals surface area contributed by atoms with Gasteiger partial charge in [-0.05, 0) is 0 Å². The summed E-state index contributed by atoms with van der Waals surface area (Å²) in [5, 5.41) is 30.5. The van der Waals surface area contributed by atoms with Crippen molar-refractivity contribution in [2.75, 3.05) is 12.3 Å². The van der Waals surface area contributed by atoms with Gasteiger partial charge in [0.15, 0.2) is 0 Å². The van der Waals surface area contributed by atoms with Gasteiger partial charge >= 0.3 is 163 Å². The number of hydrogen-bond acceptors (Lipinski definition) is 10. The van der Waals surface area contributed by atoms with Gasteiger partial charge in [0.05, 0.1) is 0 Å². The van der Waals surface area contributed by atoms with Crippen molar-refractivity contribution >= 4 is 47.1 Å². The number of nitrogen functional groups attached to an aromatic ring is 1. The van der Waals surface area contributed by atoms with Crippen LogP contribution in [0.4, 0.5) is 11.8 Å². The van der Waals surface area contributed by atoms with Crippen LogP contribution >= 0.6 is 0 Å². The van der Waals surface area contributed by atoms with Crippen molar-refractivity contribution in [1.29, 1.82) is 0 Å². The monoisotopic (exact) mass is 456 g/mol. The number of nitrogens with two attached hydrogens (primary N) is 1. The Bertz CT molecular complexity index is 1050. The third-order valence-corrected chi connectivity index (χ3v) is 6.73. The second-order valence-electron chi connectivity index (χ2n) is 6.17. The molecule has 1 aliphatic heterocycles. The molecule has 0 bridgehead atoms. The van der Waals surface area contributed by atoms with Crippen LogP contribution < -0.4 is 14.9 Å². The summed E-state index contributed by atoms with van der Waals surface area (Å²) >= 11 is -0.605. The maximum atomic E-state index is 11.2. The number of aryl methyl sites for hydroxylation is 1. The van der Waals surface area contributed by atoms with E-state index in [4.69, 9.17) is 10.5 Å². The number of aliphatic hydroxyl groups is 2. The average Bonchev–Trinajstić information content (AvgIpc) is 3.32. The van der Waals surface area contributed by atoms with Gasteiger partial charge in [-0.3, -0.25) is 0 Å². The number of nitrogens with zero attached hydrogens (tertiary/aromatic N) is 7. The SMILES string of the molecule is Cn1cnc([N+](=O)[O-])c1[Se]c1nc(N)nc2c1ncn2[C@@H]1C[C@H](O)[C@@H](CO)O1. The van der Waals surface area contributed by atoms with Gasteiger partial charge in [0, 0.05) is 0 Å². The van der Waals surface area contributed by atoms with Gasteiger partial charge in [0.2, 0.25) is 0 Å². The Kier molecular flexibility index (Phi) is 4.72. The van der Waals surface area contributed by atoms with E-state index in [0.29, 0.717) is 20.3 Å². The molecule has 1 saturated heterocycles. The Labute approximate surface area is 163 Å². The standard InChI is InChI=1S/C14H16N8O5Se/c1-20-4-17-11(22(25)26)13(20)28-12-9-10(18-14(15)19-12)21(5-16-9)8-2-6(24)7(3-23)27-8/h4-8,23-24H,2-3H2,1H3,(H2,15,18,19)/t6-,7+,8-/m0/s1. The number of aliphatic hydroxyl groups excluding tert-OH is 2. The van der Waals surface area contributed by atoms with Gasteiger partial charge in [-0.2, -0.15) is 0 Å². The summed E-state index contributed by atoms with van der Waals surface area (Å²) in [6.45, 7) is -0.306. The predicted molar refractivity (Wildman–Crippen MR) is 96.2 cm³/mol. The molecule has 0 spiro atoms. The normalized spacial score (nSPS) is 22.2. The van der Waals surface area contributed by atoms with E-state index in [1.54, 1.807) is 16.2 Å². The number of ether oxygens (including phenoxy) is 1. The molecule has 4 rings (SSSR count). The topological polar surface area (TPSA) is 180 Å². The molecule has 3 aromatic rings. The van der Waals surface area contributed by atoms with E-state index in [1.165, 1.54) is 12.7 Å². The summed E-state index contributed by atoms with van der Waals surface area (Å²) in [5.41, 5.74) is 6.69. The summed E-state index contributed by atoms with van der Waals surface area (Å²) in [6, 6.07) is 0. The van der Waals surface area contributed by atoms with Gasteiger partial charge in [0.25, 0.3) is 0 Å². The molecule has 1 aliphatic rings. The number of fused-ring (bicyclic) bond motifs is 1. The molecule has 0 unspecified atom stereocenters. The van der Waals surface area contributed by atoms with Crippen molar-refractivity contribution in [3.05, 3.63) is 22.8 Å². The zero-order valence-corrected chi connectivity index (χ0v) is 16.2. The van der Waals surface area contributed by atoms with Crippen molar-refractivity contribution in [2.45, 2.75) is 24.9 Å². The average molecular weight is 455 g/mol. The molecule has 0 amide bonds. The third-order valence-electron chi connectivity index (χ3n) is 4.33. The van der Waals surface area contributed by atoms with Crippen LogP contribution in [0, 0.1) is 10.1 Å². The minimum atomic E-state index is -0.813. The minimum absolute atomic E-state index is 0.00630. The predicted octanol–water partition coefficient (Wildman–Crippen LogP) is -2.65. The number of aromatic nitrogens is 6. The van der Waals surface area contributed by atoms with E-state index < -0.39 is 38.3 Å². The summed E-state index contributed by atoms with van der Waals surface area (Å²) in [7, 11) is 1.67. The molecule has 3 aromatic heterocycles. The van der Waals surface area contributed by atoms with E-state index in [2.05, 4.69) is 19.9 Å². The summed E-state index contributed by atoms with van der Waals surface area (Å²) < 4.78 is 9.73. The molecular weight excluding hydrogens is 439 g/mol.